The lowest BCUT2D eigenvalue weighted by Crippen LogP contribution is -2.39. The fourth-order valence-electron chi connectivity index (χ4n) is 3.32. The second-order valence-electron chi connectivity index (χ2n) is 7.31. The van der Waals surface area contributed by atoms with E-state index < -0.39 is 0 Å². The van der Waals surface area contributed by atoms with Crippen LogP contribution < -0.4 is 5.32 Å². The van der Waals surface area contributed by atoms with Crippen molar-refractivity contribution >= 4 is 5.91 Å². The number of nitrogens with one attached hydrogen (secondary N) is 1. The van der Waals surface area contributed by atoms with Gasteiger partial charge in [-0.25, -0.2) is 0 Å². The molecule has 2 aromatic rings. The molecule has 3 rings (SSSR count). The monoisotopic (exact) mass is 340 g/mol. The molecule has 0 fully saturated rings. The fourth-order valence-corrected chi connectivity index (χ4v) is 3.32. The summed E-state index contributed by atoms with van der Waals surface area (Å²) in [4.78, 5) is 14.2. The number of hydrogen-bond acceptors (Lipinski definition) is 3. The smallest absolute Gasteiger partial charge is 0.222 e. The molecule has 1 aromatic heterocycles. The van der Waals surface area contributed by atoms with Gasteiger partial charge in [0, 0.05) is 38.3 Å². The van der Waals surface area contributed by atoms with E-state index >= 15 is 0 Å². The summed E-state index contributed by atoms with van der Waals surface area (Å²) < 4.78 is 2.13. The summed E-state index contributed by atoms with van der Waals surface area (Å²) >= 11 is 0. The number of hydrogen-bond donors (Lipinski definition) is 1. The average Bonchev–Trinajstić information content (AvgIpc) is 3.05. The number of fused-ring (bicyclic) bond motifs is 1. The maximum Gasteiger partial charge on any atom is 0.222 e. The second kappa shape index (κ2) is 7.83. The fraction of sp³-hybridized carbons (Fsp3) is 0.500. The van der Waals surface area contributed by atoms with E-state index in [0.717, 1.165) is 26.1 Å². The number of benzene rings is 1. The van der Waals surface area contributed by atoms with Crippen LogP contribution in [0.2, 0.25) is 0 Å². The van der Waals surface area contributed by atoms with Crippen LogP contribution in [0.15, 0.2) is 36.5 Å². The van der Waals surface area contributed by atoms with Crippen LogP contribution in [0.5, 0.6) is 0 Å². The molecular weight excluding hydrogens is 312 g/mol. The van der Waals surface area contributed by atoms with Crippen molar-refractivity contribution in [1.82, 2.24) is 20.0 Å². The van der Waals surface area contributed by atoms with E-state index in [0.29, 0.717) is 12.6 Å². The summed E-state index contributed by atoms with van der Waals surface area (Å²) in [5.74, 6) is 0.151. The molecule has 25 heavy (non-hydrogen) atoms. The highest BCUT2D eigenvalue weighted by Gasteiger charge is 2.25. The molecule has 5 nitrogen and oxygen atoms in total. The lowest BCUT2D eigenvalue weighted by molar-refractivity contribution is -0.124. The normalized spacial score (nSPS) is 17.5. The Morgan fingerprint density at radius 1 is 1.28 bits per heavy atom. The van der Waals surface area contributed by atoms with Gasteiger partial charge in [0.2, 0.25) is 5.91 Å². The quantitative estimate of drug-likeness (QED) is 0.880. The van der Waals surface area contributed by atoms with Crippen molar-refractivity contribution in [2.24, 2.45) is 5.92 Å². The molecule has 1 unspecified atom stereocenters. The number of rotatable bonds is 6. The number of amides is 1. The molecule has 1 aromatic carbocycles. The van der Waals surface area contributed by atoms with Crippen molar-refractivity contribution in [1.29, 1.82) is 0 Å². The van der Waals surface area contributed by atoms with Gasteiger partial charge in [0.25, 0.3) is 0 Å². The van der Waals surface area contributed by atoms with Crippen molar-refractivity contribution in [3.05, 3.63) is 53.3 Å². The third kappa shape index (κ3) is 4.48. The summed E-state index contributed by atoms with van der Waals surface area (Å²) in [6, 6.07) is 11.2. The van der Waals surface area contributed by atoms with Crippen LogP contribution in [-0.4, -0.2) is 33.7 Å². The molecule has 0 saturated carbocycles. The van der Waals surface area contributed by atoms with Crippen LogP contribution in [0.25, 0.3) is 0 Å². The van der Waals surface area contributed by atoms with E-state index in [-0.39, 0.29) is 11.8 Å². The molecule has 0 radical (unpaired) electrons. The van der Waals surface area contributed by atoms with Crippen LogP contribution in [0.4, 0.5) is 0 Å². The summed E-state index contributed by atoms with van der Waals surface area (Å²) in [6.07, 6.45) is 2.78. The standard InChI is InChI=1S/C20H28N4O/c1-15(2)20(25)21-10-8-18-13-23(14-19-9-11-22-24(18)19)12-17-6-4-16(3)5-7-17/h4-7,9,11,15,18H,8,10,12-14H2,1-3H3,(H,21,25). The molecule has 0 aliphatic carbocycles. The molecular formula is C20H28N4O. The number of aromatic nitrogens is 2. The SMILES string of the molecule is Cc1ccc(CN2Cc3ccnn3C(CCNC(=O)C(C)C)C2)cc1. The molecule has 0 bridgehead atoms. The first-order chi connectivity index (χ1) is 12.0. The maximum absolute atomic E-state index is 11.8. The van der Waals surface area contributed by atoms with E-state index in [1.54, 1.807) is 0 Å². The summed E-state index contributed by atoms with van der Waals surface area (Å²) in [6.45, 7) is 9.48. The Morgan fingerprint density at radius 3 is 2.76 bits per heavy atom. The Morgan fingerprint density at radius 2 is 2.04 bits per heavy atom. The van der Waals surface area contributed by atoms with Gasteiger partial charge in [-0.1, -0.05) is 43.7 Å². The average molecular weight is 340 g/mol. The summed E-state index contributed by atoms with van der Waals surface area (Å²) in [5, 5.41) is 7.53. The minimum atomic E-state index is 0.0321. The molecule has 134 valence electrons. The number of nitrogens with zero attached hydrogens (tertiary/aromatic N) is 3. The van der Waals surface area contributed by atoms with Crippen molar-refractivity contribution in [2.45, 2.75) is 46.3 Å². The Balaban J connectivity index is 1.62. The molecule has 0 spiro atoms. The highest BCUT2D eigenvalue weighted by atomic mass is 16.1. The van der Waals surface area contributed by atoms with Crippen molar-refractivity contribution < 1.29 is 4.79 Å². The van der Waals surface area contributed by atoms with Gasteiger partial charge in [-0.3, -0.25) is 14.4 Å². The molecule has 1 N–H and O–H groups in total. The van der Waals surface area contributed by atoms with Crippen molar-refractivity contribution in [2.75, 3.05) is 13.1 Å². The number of carbonyl (C=O) groups is 1. The molecule has 1 atom stereocenters. The maximum atomic E-state index is 11.8. The lowest BCUT2D eigenvalue weighted by Gasteiger charge is -2.34. The molecule has 0 saturated heterocycles. The predicted molar refractivity (Wildman–Crippen MR) is 99.0 cm³/mol. The van der Waals surface area contributed by atoms with Crippen molar-refractivity contribution in [3.63, 3.8) is 0 Å². The predicted octanol–water partition coefficient (Wildman–Crippen LogP) is 2.91. The third-order valence-electron chi connectivity index (χ3n) is 4.78. The van der Waals surface area contributed by atoms with Crippen molar-refractivity contribution in [3.8, 4) is 0 Å². The topological polar surface area (TPSA) is 50.2 Å². The van der Waals surface area contributed by atoms with Gasteiger partial charge >= 0.3 is 0 Å². The first-order valence-corrected chi connectivity index (χ1v) is 9.11. The molecule has 1 aliphatic rings. The number of aryl methyl sites for hydroxylation is 1. The zero-order valence-electron chi connectivity index (χ0n) is 15.4. The van der Waals surface area contributed by atoms with E-state index in [9.17, 15) is 4.79 Å². The lowest BCUT2D eigenvalue weighted by atomic mass is 10.1. The highest BCUT2D eigenvalue weighted by Crippen LogP contribution is 2.24. The second-order valence-corrected chi connectivity index (χ2v) is 7.31. The van der Waals surface area contributed by atoms with Gasteiger partial charge in [-0.15, -0.1) is 0 Å². The summed E-state index contributed by atoms with van der Waals surface area (Å²) in [7, 11) is 0. The molecule has 5 heteroatoms. The van der Waals surface area contributed by atoms with Crippen LogP contribution >= 0.6 is 0 Å². The first kappa shape index (κ1) is 17.7. The molecule has 1 amide bonds. The Kier molecular flexibility index (Phi) is 5.53. The van der Waals surface area contributed by atoms with Crippen LogP contribution in [-0.2, 0) is 17.9 Å². The third-order valence-corrected chi connectivity index (χ3v) is 4.78. The van der Waals surface area contributed by atoms with Gasteiger partial charge in [-0.2, -0.15) is 5.10 Å². The minimum Gasteiger partial charge on any atom is -0.356 e. The van der Waals surface area contributed by atoms with E-state index in [1.165, 1.54) is 16.8 Å². The van der Waals surface area contributed by atoms with E-state index in [2.05, 4.69) is 57.3 Å². The summed E-state index contributed by atoms with van der Waals surface area (Å²) in [5.41, 5.74) is 3.88. The van der Waals surface area contributed by atoms with E-state index in [1.807, 2.05) is 20.0 Å². The first-order valence-electron chi connectivity index (χ1n) is 9.11. The Hall–Kier alpha value is -2.14. The van der Waals surface area contributed by atoms with Crippen LogP contribution in [0.3, 0.4) is 0 Å². The van der Waals surface area contributed by atoms with Crippen LogP contribution in [0.1, 0.15) is 43.1 Å². The van der Waals surface area contributed by atoms with Gasteiger partial charge in [0.05, 0.1) is 11.7 Å². The van der Waals surface area contributed by atoms with Gasteiger partial charge in [0.1, 0.15) is 0 Å². The van der Waals surface area contributed by atoms with Gasteiger partial charge in [-0.05, 0) is 25.0 Å². The Labute approximate surface area is 150 Å². The largest absolute Gasteiger partial charge is 0.356 e. The molecule has 1 aliphatic heterocycles. The molecule has 2 heterocycles. The zero-order valence-corrected chi connectivity index (χ0v) is 15.4. The Bertz CT molecular complexity index is 705. The zero-order chi connectivity index (χ0) is 17.8. The van der Waals surface area contributed by atoms with E-state index in [4.69, 9.17) is 0 Å². The van der Waals surface area contributed by atoms with Crippen LogP contribution in [0, 0.1) is 12.8 Å². The van der Waals surface area contributed by atoms with Gasteiger partial charge in [0.15, 0.2) is 0 Å². The minimum absolute atomic E-state index is 0.0321. The number of carbonyl (C=O) groups excluding carboxylic acids is 1. The highest BCUT2D eigenvalue weighted by molar-refractivity contribution is 5.77. The van der Waals surface area contributed by atoms with Gasteiger partial charge < -0.3 is 5.32 Å².